The van der Waals surface area contributed by atoms with Gasteiger partial charge in [-0.1, -0.05) is 0 Å². The highest BCUT2D eigenvalue weighted by Crippen LogP contribution is 2.17. The lowest BCUT2D eigenvalue weighted by molar-refractivity contribution is -0.145. The van der Waals surface area contributed by atoms with E-state index >= 15 is 0 Å². The zero-order chi connectivity index (χ0) is 10.8. The molecule has 1 saturated carbocycles. The zero-order valence-electron chi connectivity index (χ0n) is 8.46. The summed E-state index contributed by atoms with van der Waals surface area (Å²) in [4.78, 5) is 21.9. The molecule has 14 heavy (non-hydrogen) atoms. The van der Waals surface area contributed by atoms with Crippen molar-refractivity contribution in [3.05, 3.63) is 0 Å². The van der Waals surface area contributed by atoms with E-state index in [1.807, 2.05) is 0 Å². The molecule has 0 heterocycles. The van der Waals surface area contributed by atoms with Gasteiger partial charge in [0.25, 0.3) is 0 Å². The van der Waals surface area contributed by atoms with Gasteiger partial charge >= 0.3 is 5.97 Å². The quantitative estimate of drug-likeness (QED) is 0.570. The van der Waals surface area contributed by atoms with Gasteiger partial charge < -0.3 is 15.7 Å². The van der Waals surface area contributed by atoms with E-state index in [-0.39, 0.29) is 12.5 Å². The van der Waals surface area contributed by atoms with Gasteiger partial charge in [-0.2, -0.15) is 0 Å². The van der Waals surface area contributed by atoms with E-state index in [0.717, 1.165) is 12.8 Å². The first-order valence-electron chi connectivity index (χ1n) is 4.69. The number of amides is 1. The summed E-state index contributed by atoms with van der Waals surface area (Å²) in [6.07, 6.45) is 2.21. The van der Waals surface area contributed by atoms with Crippen molar-refractivity contribution in [3.8, 4) is 0 Å². The Morgan fingerprint density at radius 1 is 1.43 bits per heavy atom. The highest BCUT2D eigenvalue weighted by molar-refractivity contribution is 5.87. The van der Waals surface area contributed by atoms with Crippen LogP contribution in [0.3, 0.4) is 0 Å². The van der Waals surface area contributed by atoms with Crippen molar-refractivity contribution in [2.24, 2.45) is 0 Å². The normalized spacial score (nSPS) is 16.4. The molecule has 0 saturated heterocycles. The van der Waals surface area contributed by atoms with Gasteiger partial charge in [0.15, 0.2) is 0 Å². The van der Waals surface area contributed by atoms with E-state index in [9.17, 15) is 9.59 Å². The standard InChI is InChI=1S/C9H16N2O3/c1-9(2,8(13)14)11-7(12)5-10-6-3-4-6/h6,10H,3-5H2,1-2H3,(H,11,12)(H,13,14). The minimum atomic E-state index is -1.19. The van der Waals surface area contributed by atoms with Crippen LogP contribution in [0.2, 0.25) is 0 Å². The van der Waals surface area contributed by atoms with Crippen LogP contribution in [0, 0.1) is 0 Å². The SMILES string of the molecule is CC(C)(NC(=O)CNC1CC1)C(=O)O. The Kier molecular flexibility index (Phi) is 3.10. The molecule has 3 N–H and O–H groups in total. The maximum Gasteiger partial charge on any atom is 0.328 e. The molecule has 5 heteroatoms. The van der Waals surface area contributed by atoms with Gasteiger partial charge in [-0.3, -0.25) is 4.79 Å². The van der Waals surface area contributed by atoms with Crippen molar-refractivity contribution in [3.63, 3.8) is 0 Å². The minimum Gasteiger partial charge on any atom is -0.480 e. The highest BCUT2D eigenvalue weighted by atomic mass is 16.4. The van der Waals surface area contributed by atoms with Crippen LogP contribution in [0.5, 0.6) is 0 Å². The Morgan fingerprint density at radius 2 is 2.00 bits per heavy atom. The Bertz CT molecular complexity index is 246. The van der Waals surface area contributed by atoms with Crippen molar-refractivity contribution in [1.29, 1.82) is 0 Å². The first-order valence-corrected chi connectivity index (χ1v) is 4.69. The largest absolute Gasteiger partial charge is 0.480 e. The molecule has 0 unspecified atom stereocenters. The molecule has 0 aliphatic heterocycles. The third-order valence-electron chi connectivity index (χ3n) is 2.12. The van der Waals surface area contributed by atoms with Gasteiger partial charge in [0.2, 0.25) is 5.91 Å². The fourth-order valence-corrected chi connectivity index (χ4v) is 0.971. The molecule has 1 amide bonds. The molecule has 1 aliphatic rings. The van der Waals surface area contributed by atoms with Crippen LogP contribution in [0.1, 0.15) is 26.7 Å². The first-order chi connectivity index (χ1) is 6.42. The fourth-order valence-electron chi connectivity index (χ4n) is 0.971. The number of carboxylic acid groups (broad SMARTS) is 1. The van der Waals surface area contributed by atoms with Gasteiger partial charge in [0.1, 0.15) is 5.54 Å². The number of aliphatic carboxylic acids is 1. The third kappa shape index (κ3) is 3.33. The number of carboxylic acids is 1. The Balaban J connectivity index is 2.27. The Labute approximate surface area is 82.9 Å². The molecule has 1 rings (SSSR count). The van der Waals surface area contributed by atoms with Gasteiger partial charge in [0.05, 0.1) is 6.54 Å². The molecule has 80 valence electrons. The van der Waals surface area contributed by atoms with Crippen LogP contribution in [0.4, 0.5) is 0 Å². The number of rotatable bonds is 5. The molecule has 0 bridgehead atoms. The number of hydrogen-bond acceptors (Lipinski definition) is 3. The Hall–Kier alpha value is -1.10. The summed E-state index contributed by atoms with van der Waals surface area (Å²) in [6, 6.07) is 0.452. The molecule has 0 atom stereocenters. The van der Waals surface area contributed by atoms with Crippen LogP contribution in [-0.4, -0.2) is 35.1 Å². The molecule has 0 radical (unpaired) electrons. The van der Waals surface area contributed by atoms with Gasteiger partial charge in [-0.05, 0) is 26.7 Å². The van der Waals surface area contributed by atoms with E-state index in [1.165, 1.54) is 13.8 Å². The predicted molar refractivity (Wildman–Crippen MR) is 50.9 cm³/mol. The summed E-state index contributed by atoms with van der Waals surface area (Å²) in [5.74, 6) is -1.30. The van der Waals surface area contributed by atoms with E-state index in [0.29, 0.717) is 6.04 Å². The second-order valence-electron chi connectivity index (χ2n) is 4.13. The second kappa shape index (κ2) is 3.96. The first kappa shape index (κ1) is 11.0. The summed E-state index contributed by atoms with van der Waals surface area (Å²) in [7, 11) is 0. The molecule has 0 aromatic carbocycles. The lowest BCUT2D eigenvalue weighted by Gasteiger charge is -2.20. The van der Waals surface area contributed by atoms with E-state index in [1.54, 1.807) is 0 Å². The van der Waals surface area contributed by atoms with Gasteiger partial charge in [-0.15, -0.1) is 0 Å². The van der Waals surface area contributed by atoms with Crippen LogP contribution >= 0.6 is 0 Å². The second-order valence-corrected chi connectivity index (χ2v) is 4.13. The summed E-state index contributed by atoms with van der Waals surface area (Å²) >= 11 is 0. The Morgan fingerprint density at radius 3 is 2.43 bits per heavy atom. The average molecular weight is 200 g/mol. The van der Waals surface area contributed by atoms with Crippen molar-refractivity contribution in [1.82, 2.24) is 10.6 Å². The van der Waals surface area contributed by atoms with E-state index < -0.39 is 11.5 Å². The van der Waals surface area contributed by atoms with Crippen molar-refractivity contribution in [2.75, 3.05) is 6.54 Å². The lowest BCUT2D eigenvalue weighted by atomic mass is 10.1. The molecule has 0 aromatic heterocycles. The number of hydrogen-bond donors (Lipinski definition) is 3. The topological polar surface area (TPSA) is 78.4 Å². The average Bonchev–Trinajstić information content (AvgIpc) is 2.82. The third-order valence-corrected chi connectivity index (χ3v) is 2.12. The van der Waals surface area contributed by atoms with Crippen molar-refractivity contribution < 1.29 is 14.7 Å². The summed E-state index contributed by atoms with van der Waals surface area (Å²) in [5, 5.41) is 14.2. The molecule has 1 fully saturated rings. The maximum atomic E-state index is 11.3. The number of carbonyl (C=O) groups excluding carboxylic acids is 1. The fraction of sp³-hybridized carbons (Fsp3) is 0.778. The van der Waals surface area contributed by atoms with Crippen LogP contribution in [-0.2, 0) is 9.59 Å². The smallest absolute Gasteiger partial charge is 0.328 e. The summed E-state index contributed by atoms with van der Waals surface area (Å²) < 4.78 is 0. The minimum absolute atomic E-state index is 0.196. The van der Waals surface area contributed by atoms with Crippen LogP contribution in [0.15, 0.2) is 0 Å². The van der Waals surface area contributed by atoms with Crippen LogP contribution < -0.4 is 10.6 Å². The molecule has 0 spiro atoms. The molecular formula is C9H16N2O3. The van der Waals surface area contributed by atoms with Crippen molar-refractivity contribution in [2.45, 2.75) is 38.3 Å². The van der Waals surface area contributed by atoms with E-state index in [4.69, 9.17) is 5.11 Å². The summed E-state index contributed by atoms with van der Waals surface area (Å²) in [5.41, 5.74) is -1.19. The zero-order valence-corrected chi connectivity index (χ0v) is 8.46. The number of nitrogens with one attached hydrogen (secondary N) is 2. The molecule has 5 nitrogen and oxygen atoms in total. The lowest BCUT2D eigenvalue weighted by Crippen LogP contribution is -2.52. The molecular weight excluding hydrogens is 184 g/mol. The highest BCUT2D eigenvalue weighted by Gasteiger charge is 2.29. The molecule has 1 aliphatic carbocycles. The molecule has 0 aromatic rings. The van der Waals surface area contributed by atoms with Gasteiger partial charge in [-0.25, -0.2) is 4.79 Å². The van der Waals surface area contributed by atoms with E-state index in [2.05, 4.69) is 10.6 Å². The number of carbonyl (C=O) groups is 2. The maximum absolute atomic E-state index is 11.3. The van der Waals surface area contributed by atoms with Crippen molar-refractivity contribution >= 4 is 11.9 Å². The van der Waals surface area contributed by atoms with Crippen LogP contribution in [0.25, 0.3) is 0 Å². The van der Waals surface area contributed by atoms with Gasteiger partial charge in [0, 0.05) is 6.04 Å². The monoisotopic (exact) mass is 200 g/mol. The summed E-state index contributed by atoms with van der Waals surface area (Å²) in [6.45, 7) is 3.12. The predicted octanol–water partition coefficient (Wildman–Crippen LogP) is -0.282.